The van der Waals surface area contributed by atoms with E-state index in [4.69, 9.17) is 0 Å². The van der Waals surface area contributed by atoms with Gasteiger partial charge in [-0.2, -0.15) is 8.78 Å². The number of alkyl halides is 2. The number of ether oxygens (including phenoxy) is 1. The number of hydrogen-bond acceptors (Lipinski definition) is 4. The molecule has 0 saturated heterocycles. The molecular formula is C14H13F2N3O2. The largest absolute Gasteiger partial charge is 0.435 e. The molecule has 0 aliphatic rings. The lowest BCUT2D eigenvalue weighted by atomic mass is 10.1. The van der Waals surface area contributed by atoms with Gasteiger partial charge in [0.25, 0.3) is 5.91 Å². The van der Waals surface area contributed by atoms with Crippen LogP contribution in [0.3, 0.4) is 0 Å². The summed E-state index contributed by atoms with van der Waals surface area (Å²) in [5.41, 5.74) is 0.755. The van der Waals surface area contributed by atoms with E-state index in [1.165, 1.54) is 12.1 Å². The summed E-state index contributed by atoms with van der Waals surface area (Å²) in [5.74, 6) is 0.0252. The van der Waals surface area contributed by atoms with Crippen molar-refractivity contribution in [2.24, 2.45) is 0 Å². The Bertz CT molecular complexity index is 621. The number of rotatable bonds is 5. The summed E-state index contributed by atoms with van der Waals surface area (Å²) in [6, 6.07) is 6.03. The zero-order valence-electron chi connectivity index (χ0n) is 11.2. The number of halogens is 2. The fourth-order valence-electron chi connectivity index (χ4n) is 1.65. The normalized spacial score (nSPS) is 10.5. The van der Waals surface area contributed by atoms with Crippen molar-refractivity contribution in [1.29, 1.82) is 0 Å². The van der Waals surface area contributed by atoms with Crippen LogP contribution in [0.25, 0.3) is 0 Å². The van der Waals surface area contributed by atoms with Crippen LogP contribution in [0.5, 0.6) is 5.75 Å². The van der Waals surface area contributed by atoms with Gasteiger partial charge in [-0.3, -0.25) is 4.79 Å². The molecule has 1 aromatic carbocycles. The van der Waals surface area contributed by atoms with Crippen molar-refractivity contribution >= 4 is 5.91 Å². The molecule has 1 aromatic heterocycles. The van der Waals surface area contributed by atoms with E-state index in [9.17, 15) is 13.6 Å². The Balaban J connectivity index is 2.05. The van der Waals surface area contributed by atoms with E-state index < -0.39 is 12.5 Å². The van der Waals surface area contributed by atoms with Gasteiger partial charge in [0.15, 0.2) is 0 Å². The van der Waals surface area contributed by atoms with Crippen LogP contribution in [0.4, 0.5) is 8.78 Å². The summed E-state index contributed by atoms with van der Waals surface area (Å²) in [6.45, 7) is -1.16. The maximum Gasteiger partial charge on any atom is 0.387 e. The Morgan fingerprint density at radius 3 is 2.71 bits per heavy atom. The number of carbonyl (C=O) groups is 1. The minimum atomic E-state index is -2.93. The van der Waals surface area contributed by atoms with E-state index in [0.717, 1.165) is 0 Å². The molecule has 110 valence electrons. The van der Waals surface area contributed by atoms with E-state index >= 15 is 0 Å². The lowest BCUT2D eigenvalue weighted by Crippen LogP contribution is -2.24. The van der Waals surface area contributed by atoms with Crippen molar-refractivity contribution in [2.45, 2.75) is 20.1 Å². The van der Waals surface area contributed by atoms with Gasteiger partial charge < -0.3 is 10.1 Å². The molecule has 0 atom stereocenters. The van der Waals surface area contributed by atoms with Crippen molar-refractivity contribution in [3.63, 3.8) is 0 Å². The topological polar surface area (TPSA) is 64.1 Å². The van der Waals surface area contributed by atoms with Gasteiger partial charge in [0.05, 0.1) is 6.54 Å². The van der Waals surface area contributed by atoms with E-state index in [2.05, 4.69) is 20.0 Å². The van der Waals surface area contributed by atoms with Crippen LogP contribution in [-0.2, 0) is 6.54 Å². The second-order valence-electron chi connectivity index (χ2n) is 4.21. The van der Waals surface area contributed by atoms with Crippen LogP contribution in [0, 0.1) is 6.92 Å². The van der Waals surface area contributed by atoms with E-state index in [1.807, 2.05) is 0 Å². The first-order valence-electron chi connectivity index (χ1n) is 6.16. The standard InChI is InChI=1S/C14H13F2N3O2/c1-9-3-4-10(7-11(9)21-14(15)16)13(20)19-8-12-17-5-2-6-18-12/h2-7,14H,8H2,1H3,(H,19,20). The number of amides is 1. The predicted molar refractivity (Wildman–Crippen MR) is 71.0 cm³/mol. The number of aromatic nitrogens is 2. The molecule has 21 heavy (non-hydrogen) atoms. The number of aryl methyl sites for hydroxylation is 1. The monoisotopic (exact) mass is 293 g/mol. The molecular weight excluding hydrogens is 280 g/mol. The van der Waals surface area contributed by atoms with Gasteiger partial charge >= 0.3 is 6.61 Å². The van der Waals surface area contributed by atoms with Crippen molar-refractivity contribution in [1.82, 2.24) is 15.3 Å². The van der Waals surface area contributed by atoms with Gasteiger partial charge in [-0.1, -0.05) is 6.07 Å². The maximum absolute atomic E-state index is 12.3. The molecule has 7 heteroatoms. The Labute approximate surface area is 120 Å². The number of hydrogen-bond donors (Lipinski definition) is 1. The zero-order valence-corrected chi connectivity index (χ0v) is 11.2. The first-order valence-corrected chi connectivity index (χ1v) is 6.16. The lowest BCUT2D eigenvalue weighted by Gasteiger charge is -2.10. The van der Waals surface area contributed by atoms with Gasteiger partial charge in [-0.25, -0.2) is 9.97 Å². The number of nitrogens with zero attached hydrogens (tertiary/aromatic N) is 2. The third-order valence-corrected chi connectivity index (χ3v) is 2.69. The molecule has 0 aliphatic heterocycles. The summed E-state index contributed by atoms with van der Waals surface area (Å²) >= 11 is 0. The molecule has 0 spiro atoms. The van der Waals surface area contributed by atoms with Gasteiger partial charge in [-0.15, -0.1) is 0 Å². The molecule has 1 N–H and O–H groups in total. The highest BCUT2D eigenvalue weighted by molar-refractivity contribution is 5.94. The number of benzene rings is 1. The average molecular weight is 293 g/mol. The average Bonchev–Trinajstić information content (AvgIpc) is 2.47. The second-order valence-corrected chi connectivity index (χ2v) is 4.21. The van der Waals surface area contributed by atoms with Crippen LogP contribution in [-0.4, -0.2) is 22.5 Å². The van der Waals surface area contributed by atoms with E-state index in [-0.39, 0.29) is 17.9 Å². The summed E-state index contributed by atoms with van der Waals surface area (Å²) in [5, 5.41) is 2.61. The van der Waals surface area contributed by atoms with Crippen molar-refractivity contribution in [3.05, 3.63) is 53.6 Å². The van der Waals surface area contributed by atoms with Crippen molar-refractivity contribution in [3.8, 4) is 5.75 Å². The van der Waals surface area contributed by atoms with Crippen LogP contribution in [0.15, 0.2) is 36.7 Å². The molecule has 0 bridgehead atoms. The van der Waals surface area contributed by atoms with Crippen LogP contribution >= 0.6 is 0 Å². The lowest BCUT2D eigenvalue weighted by molar-refractivity contribution is -0.0503. The van der Waals surface area contributed by atoms with E-state index in [1.54, 1.807) is 31.5 Å². The fourth-order valence-corrected chi connectivity index (χ4v) is 1.65. The maximum atomic E-state index is 12.3. The summed E-state index contributed by atoms with van der Waals surface area (Å²) < 4.78 is 28.9. The third-order valence-electron chi connectivity index (χ3n) is 2.69. The zero-order chi connectivity index (χ0) is 15.2. The Morgan fingerprint density at radius 1 is 1.33 bits per heavy atom. The molecule has 5 nitrogen and oxygen atoms in total. The van der Waals surface area contributed by atoms with Crippen LogP contribution in [0.2, 0.25) is 0 Å². The fraction of sp³-hybridized carbons (Fsp3) is 0.214. The first-order chi connectivity index (χ1) is 10.1. The molecule has 0 aliphatic carbocycles. The summed E-state index contributed by atoms with van der Waals surface area (Å²) in [4.78, 5) is 19.9. The van der Waals surface area contributed by atoms with Gasteiger partial charge in [-0.05, 0) is 30.7 Å². The second kappa shape index (κ2) is 6.74. The Kier molecular flexibility index (Phi) is 4.76. The third kappa shape index (κ3) is 4.20. The summed E-state index contributed by atoms with van der Waals surface area (Å²) in [6.07, 6.45) is 3.13. The van der Waals surface area contributed by atoms with Crippen LogP contribution in [0.1, 0.15) is 21.7 Å². The highest BCUT2D eigenvalue weighted by atomic mass is 19.3. The molecule has 2 aromatic rings. The predicted octanol–water partition coefficient (Wildman–Crippen LogP) is 2.32. The minimum absolute atomic E-state index is 0.0198. The molecule has 0 saturated carbocycles. The number of carbonyl (C=O) groups excluding carboxylic acids is 1. The highest BCUT2D eigenvalue weighted by Gasteiger charge is 2.12. The molecule has 1 heterocycles. The molecule has 0 unspecified atom stereocenters. The van der Waals surface area contributed by atoms with Crippen molar-refractivity contribution in [2.75, 3.05) is 0 Å². The van der Waals surface area contributed by atoms with Gasteiger partial charge in [0.1, 0.15) is 11.6 Å². The Hall–Kier alpha value is -2.57. The van der Waals surface area contributed by atoms with Gasteiger partial charge in [0, 0.05) is 18.0 Å². The SMILES string of the molecule is Cc1ccc(C(=O)NCc2ncccn2)cc1OC(F)F. The summed E-state index contributed by atoms with van der Waals surface area (Å²) in [7, 11) is 0. The Morgan fingerprint density at radius 2 is 2.05 bits per heavy atom. The molecule has 0 fully saturated rings. The van der Waals surface area contributed by atoms with Crippen LogP contribution < -0.4 is 10.1 Å². The van der Waals surface area contributed by atoms with E-state index in [0.29, 0.717) is 11.4 Å². The molecule has 2 rings (SSSR count). The van der Waals surface area contributed by atoms with Crippen molar-refractivity contribution < 1.29 is 18.3 Å². The quantitative estimate of drug-likeness (QED) is 0.919. The number of nitrogens with one attached hydrogen (secondary N) is 1. The first kappa shape index (κ1) is 14.8. The van der Waals surface area contributed by atoms with Gasteiger partial charge in [0.2, 0.25) is 0 Å². The highest BCUT2D eigenvalue weighted by Crippen LogP contribution is 2.21. The molecule has 1 amide bonds. The minimum Gasteiger partial charge on any atom is -0.435 e. The molecule has 0 radical (unpaired) electrons. The smallest absolute Gasteiger partial charge is 0.387 e.